The molecule has 2 heterocycles. The van der Waals surface area contributed by atoms with Crippen molar-refractivity contribution in [2.75, 3.05) is 78.5 Å². The van der Waals surface area contributed by atoms with Crippen molar-refractivity contribution in [1.82, 2.24) is 24.9 Å². The van der Waals surface area contributed by atoms with Crippen LogP contribution in [0, 0.1) is 0 Å². The highest BCUT2D eigenvalue weighted by molar-refractivity contribution is 5.93. The van der Waals surface area contributed by atoms with E-state index >= 15 is 0 Å². The summed E-state index contributed by atoms with van der Waals surface area (Å²) in [7, 11) is 0. The number of nitrogens with one attached hydrogen (secondary N) is 1. The average Bonchev–Trinajstić information content (AvgIpc) is 2.85. The summed E-state index contributed by atoms with van der Waals surface area (Å²) in [4.78, 5) is 53.7. The van der Waals surface area contributed by atoms with E-state index in [1.807, 2.05) is 11.8 Å². The largest absolute Gasteiger partial charge is 0.480 e. The number of rotatable bonds is 12. The fourth-order valence-corrected chi connectivity index (χ4v) is 4.27. The summed E-state index contributed by atoms with van der Waals surface area (Å²) in [6.45, 7) is 5.09. The van der Waals surface area contributed by atoms with E-state index in [4.69, 9.17) is 0 Å². The van der Waals surface area contributed by atoms with Gasteiger partial charge in [-0.25, -0.2) is 0 Å². The molecule has 1 saturated heterocycles. The molecule has 1 fully saturated rings. The SMILES string of the molecule is CCCCNC(=O)c1ccc(CN2CCN(CC(=O)O)CCN(CC(=O)O)CCN(CC(=O)O)CC2)[n+](O)c1. The van der Waals surface area contributed by atoms with Crippen LogP contribution in [0.3, 0.4) is 0 Å². The maximum absolute atomic E-state index is 12.3. The van der Waals surface area contributed by atoms with Crippen molar-refractivity contribution >= 4 is 23.8 Å². The van der Waals surface area contributed by atoms with E-state index in [2.05, 4.69) is 5.32 Å². The summed E-state index contributed by atoms with van der Waals surface area (Å²) >= 11 is 0. The molecule has 5 N–H and O–H groups in total. The molecule has 0 unspecified atom stereocenters. The number of carboxylic acids is 3. The number of hydrogen-bond acceptors (Lipinski definition) is 9. The molecular formula is C25H41N6O8+. The molecule has 1 aromatic rings. The third kappa shape index (κ3) is 12.4. The molecule has 2 rings (SSSR count). The lowest BCUT2D eigenvalue weighted by atomic mass is 10.2. The molecule has 14 heteroatoms. The number of pyridine rings is 1. The maximum Gasteiger partial charge on any atom is 0.317 e. The molecule has 0 aromatic carbocycles. The number of hydrogen-bond donors (Lipinski definition) is 5. The van der Waals surface area contributed by atoms with Crippen LogP contribution in [0.4, 0.5) is 0 Å². The summed E-state index contributed by atoms with van der Waals surface area (Å²) < 4.78 is 0.901. The van der Waals surface area contributed by atoms with Gasteiger partial charge in [-0.1, -0.05) is 13.3 Å². The van der Waals surface area contributed by atoms with E-state index in [9.17, 15) is 39.7 Å². The lowest BCUT2D eigenvalue weighted by Gasteiger charge is -2.32. The van der Waals surface area contributed by atoms with Gasteiger partial charge < -0.3 is 20.6 Å². The van der Waals surface area contributed by atoms with E-state index < -0.39 is 17.9 Å². The van der Waals surface area contributed by atoms with E-state index in [0.29, 0.717) is 70.2 Å². The van der Waals surface area contributed by atoms with Gasteiger partial charge in [-0.05, 0) is 12.5 Å². The Labute approximate surface area is 228 Å². The average molecular weight is 554 g/mol. The molecule has 14 nitrogen and oxygen atoms in total. The zero-order chi connectivity index (χ0) is 28.8. The first-order valence-electron chi connectivity index (χ1n) is 13.1. The normalized spacial score (nSPS) is 17.2. The monoisotopic (exact) mass is 553 g/mol. The molecular weight excluding hydrogens is 512 g/mol. The quantitative estimate of drug-likeness (QED) is 0.118. The molecule has 0 radical (unpaired) electrons. The van der Waals surface area contributed by atoms with E-state index in [0.717, 1.165) is 17.6 Å². The minimum atomic E-state index is -1.01. The molecule has 1 amide bonds. The smallest absolute Gasteiger partial charge is 0.317 e. The van der Waals surface area contributed by atoms with Crippen molar-refractivity contribution in [2.45, 2.75) is 26.3 Å². The van der Waals surface area contributed by atoms with Crippen molar-refractivity contribution in [2.24, 2.45) is 0 Å². The van der Waals surface area contributed by atoms with Gasteiger partial charge in [-0.15, -0.1) is 0 Å². The third-order valence-corrected chi connectivity index (χ3v) is 6.48. The lowest BCUT2D eigenvalue weighted by Crippen LogP contribution is -2.49. The summed E-state index contributed by atoms with van der Waals surface area (Å²) in [6, 6.07) is 3.28. The predicted molar refractivity (Wildman–Crippen MR) is 139 cm³/mol. The van der Waals surface area contributed by atoms with Crippen LogP contribution in [0.2, 0.25) is 0 Å². The molecule has 1 aliphatic rings. The number of aliphatic carboxylic acids is 3. The Morgan fingerprint density at radius 3 is 1.59 bits per heavy atom. The maximum atomic E-state index is 12.3. The zero-order valence-electron chi connectivity index (χ0n) is 22.5. The van der Waals surface area contributed by atoms with Gasteiger partial charge in [0, 0.05) is 69.7 Å². The van der Waals surface area contributed by atoms with Crippen molar-refractivity contribution in [3.63, 3.8) is 0 Å². The second kappa shape index (κ2) is 16.6. The van der Waals surface area contributed by atoms with Crippen LogP contribution in [0.1, 0.15) is 35.8 Å². The van der Waals surface area contributed by atoms with Gasteiger partial charge in [0.25, 0.3) is 5.91 Å². The summed E-state index contributed by atoms with van der Waals surface area (Å²) in [5.74, 6) is -3.28. The second-order valence-electron chi connectivity index (χ2n) is 9.65. The molecule has 0 saturated carbocycles. The Kier molecular flexibility index (Phi) is 13.6. The Morgan fingerprint density at radius 1 is 0.769 bits per heavy atom. The molecule has 39 heavy (non-hydrogen) atoms. The van der Waals surface area contributed by atoms with Gasteiger partial charge in [-0.2, -0.15) is 0 Å². The summed E-state index contributed by atoms with van der Waals surface area (Å²) in [5, 5.41) is 41.4. The molecule has 0 spiro atoms. The fraction of sp³-hybridized carbons (Fsp3) is 0.640. The highest BCUT2D eigenvalue weighted by atomic mass is 16.5. The van der Waals surface area contributed by atoms with Gasteiger partial charge in [0.2, 0.25) is 11.9 Å². The molecule has 1 aliphatic heterocycles. The highest BCUT2D eigenvalue weighted by Gasteiger charge is 2.23. The predicted octanol–water partition coefficient (Wildman–Crippen LogP) is -1.28. The Bertz CT molecular complexity index is 946. The van der Waals surface area contributed by atoms with Crippen LogP contribution in [0.25, 0.3) is 0 Å². The topological polar surface area (TPSA) is 178 Å². The van der Waals surface area contributed by atoms with Gasteiger partial charge >= 0.3 is 17.9 Å². The van der Waals surface area contributed by atoms with E-state index in [-0.39, 0.29) is 32.1 Å². The van der Waals surface area contributed by atoms with Crippen molar-refractivity contribution in [3.8, 4) is 0 Å². The van der Waals surface area contributed by atoms with Gasteiger partial charge in [0.15, 0.2) is 0 Å². The summed E-state index contributed by atoms with van der Waals surface area (Å²) in [6.07, 6.45) is 3.15. The third-order valence-electron chi connectivity index (χ3n) is 6.48. The number of carboxylic acid groups (broad SMARTS) is 3. The first-order chi connectivity index (χ1) is 18.6. The minimum absolute atomic E-state index is 0.207. The molecule has 0 aliphatic carbocycles. The standard InChI is InChI=1S/C25H40N6O8/c1-2-3-6-26-25(38)20-4-5-21(31(39)15-20)16-27-7-9-28(17-22(32)33)11-13-30(19-24(36)37)14-12-29(10-8-27)18-23(34)35/h4-5,15H,2-3,6-14,16-19H2,1H3,(H4-,26,32,33,34,35,36,37,38,39)/p+1. The van der Waals surface area contributed by atoms with Gasteiger partial charge in [0.05, 0.1) is 26.2 Å². The number of nitrogens with zero attached hydrogens (tertiary/aromatic N) is 5. The number of amides is 1. The van der Waals surface area contributed by atoms with Crippen LogP contribution in [-0.2, 0) is 20.9 Å². The molecule has 218 valence electrons. The minimum Gasteiger partial charge on any atom is -0.480 e. The number of carbonyl (C=O) groups excluding carboxylic acids is 1. The zero-order valence-corrected chi connectivity index (χ0v) is 22.5. The first kappa shape index (κ1) is 31.9. The molecule has 1 aromatic heterocycles. The number of aromatic nitrogens is 1. The van der Waals surface area contributed by atoms with Crippen LogP contribution in [0.15, 0.2) is 18.3 Å². The molecule has 0 atom stereocenters. The van der Waals surface area contributed by atoms with Crippen LogP contribution < -0.4 is 10.0 Å². The van der Waals surface area contributed by atoms with E-state index in [1.54, 1.807) is 26.8 Å². The van der Waals surface area contributed by atoms with Crippen molar-refractivity contribution in [3.05, 3.63) is 29.6 Å². The Hall–Kier alpha value is -3.33. The van der Waals surface area contributed by atoms with Crippen LogP contribution in [-0.4, -0.2) is 142 Å². The highest BCUT2D eigenvalue weighted by Crippen LogP contribution is 2.06. The van der Waals surface area contributed by atoms with Gasteiger partial charge in [-0.3, -0.25) is 44.0 Å². The van der Waals surface area contributed by atoms with Crippen LogP contribution in [0.5, 0.6) is 0 Å². The fourth-order valence-electron chi connectivity index (χ4n) is 4.27. The Balaban J connectivity index is 2.18. The first-order valence-corrected chi connectivity index (χ1v) is 13.1. The van der Waals surface area contributed by atoms with Crippen molar-refractivity contribution < 1.29 is 44.4 Å². The van der Waals surface area contributed by atoms with Crippen LogP contribution >= 0.6 is 0 Å². The van der Waals surface area contributed by atoms with Crippen molar-refractivity contribution in [1.29, 1.82) is 0 Å². The number of carbonyl (C=O) groups is 4. The molecule has 0 bridgehead atoms. The second-order valence-corrected chi connectivity index (χ2v) is 9.65. The van der Waals surface area contributed by atoms with Gasteiger partial charge in [0.1, 0.15) is 5.56 Å². The van der Waals surface area contributed by atoms with E-state index in [1.165, 1.54) is 6.20 Å². The number of unbranched alkanes of at least 4 members (excludes halogenated alkanes) is 1. The summed E-state index contributed by atoms with van der Waals surface area (Å²) in [5.41, 5.74) is 0.826. The Morgan fingerprint density at radius 2 is 1.21 bits per heavy atom. The lowest BCUT2D eigenvalue weighted by molar-refractivity contribution is -0.910.